The number of hydrogen-bond acceptors (Lipinski definition) is 4. The van der Waals surface area contributed by atoms with Crippen LogP contribution < -0.4 is 5.43 Å². The van der Waals surface area contributed by atoms with Crippen LogP contribution in [0.25, 0.3) is 0 Å². The van der Waals surface area contributed by atoms with Crippen LogP contribution in [0.1, 0.15) is 26.7 Å². The Kier molecular flexibility index (Phi) is 3.71. The molecule has 1 aliphatic rings. The van der Waals surface area contributed by atoms with Crippen molar-refractivity contribution in [3.05, 3.63) is 11.8 Å². The summed E-state index contributed by atoms with van der Waals surface area (Å²) in [5, 5.41) is 1.52. The van der Waals surface area contributed by atoms with Crippen molar-refractivity contribution in [3.8, 4) is 0 Å². The number of carbonyl (C=O) groups excluding carboxylic acids is 2. The predicted molar refractivity (Wildman–Crippen MR) is 54.5 cm³/mol. The minimum Gasteiger partial charge on any atom is -0.467 e. The molecule has 0 saturated carbocycles. The lowest BCUT2D eigenvalue weighted by Crippen LogP contribution is -2.45. The smallest absolute Gasteiger partial charge is 0.330 e. The number of amides is 1. The third-order valence-electron chi connectivity index (χ3n) is 2.33. The van der Waals surface area contributed by atoms with Crippen molar-refractivity contribution >= 4 is 11.9 Å². The number of rotatable bonds is 3. The van der Waals surface area contributed by atoms with E-state index in [1.54, 1.807) is 6.20 Å². The molecule has 15 heavy (non-hydrogen) atoms. The maximum Gasteiger partial charge on any atom is 0.330 e. The molecule has 1 amide bonds. The quantitative estimate of drug-likeness (QED) is 0.695. The fourth-order valence-electron chi connectivity index (χ4n) is 1.55. The van der Waals surface area contributed by atoms with Gasteiger partial charge in [-0.3, -0.25) is 15.2 Å². The summed E-state index contributed by atoms with van der Waals surface area (Å²) in [6.45, 7) is 3.42. The van der Waals surface area contributed by atoms with Gasteiger partial charge in [0, 0.05) is 19.5 Å². The van der Waals surface area contributed by atoms with Crippen molar-refractivity contribution in [2.75, 3.05) is 7.11 Å². The van der Waals surface area contributed by atoms with E-state index in [0.29, 0.717) is 6.42 Å². The Balaban J connectivity index is 2.73. The molecule has 0 aliphatic carbocycles. The summed E-state index contributed by atoms with van der Waals surface area (Å²) < 4.78 is 4.67. The standard InChI is InChI=1S/C10H16N2O3/c1-4-8-5-9(10(14)15-3)12(6-8)11-7(2)13/h6,9H,4-5H2,1-3H3,(H,11,13)/t9-/m1/s1. The highest BCUT2D eigenvalue weighted by Gasteiger charge is 2.31. The molecular formula is C10H16N2O3. The van der Waals surface area contributed by atoms with Crippen LogP contribution in [0.4, 0.5) is 0 Å². The maximum absolute atomic E-state index is 11.4. The van der Waals surface area contributed by atoms with Gasteiger partial charge in [-0.2, -0.15) is 0 Å². The number of hydrogen-bond donors (Lipinski definition) is 1. The number of hydrazine groups is 1. The third kappa shape index (κ3) is 2.71. The van der Waals surface area contributed by atoms with Crippen LogP contribution in [0.2, 0.25) is 0 Å². The van der Waals surface area contributed by atoms with Crippen molar-refractivity contribution in [3.63, 3.8) is 0 Å². The molecule has 1 aliphatic heterocycles. The fraction of sp³-hybridized carbons (Fsp3) is 0.600. The number of methoxy groups -OCH3 is 1. The Morgan fingerprint density at radius 3 is 2.80 bits per heavy atom. The van der Waals surface area contributed by atoms with Crippen molar-refractivity contribution in [2.45, 2.75) is 32.7 Å². The van der Waals surface area contributed by atoms with Crippen molar-refractivity contribution < 1.29 is 14.3 Å². The van der Waals surface area contributed by atoms with Gasteiger partial charge in [-0.05, 0) is 12.0 Å². The monoisotopic (exact) mass is 212 g/mol. The largest absolute Gasteiger partial charge is 0.467 e. The molecule has 1 heterocycles. The molecule has 0 aromatic rings. The third-order valence-corrected chi connectivity index (χ3v) is 2.33. The van der Waals surface area contributed by atoms with E-state index in [-0.39, 0.29) is 11.9 Å². The fourth-order valence-corrected chi connectivity index (χ4v) is 1.55. The summed E-state index contributed by atoms with van der Waals surface area (Å²) in [7, 11) is 1.35. The first-order valence-corrected chi connectivity index (χ1v) is 4.91. The van der Waals surface area contributed by atoms with Gasteiger partial charge in [-0.15, -0.1) is 0 Å². The molecule has 5 nitrogen and oxygen atoms in total. The number of carbonyl (C=O) groups is 2. The van der Waals surface area contributed by atoms with Crippen LogP contribution >= 0.6 is 0 Å². The van der Waals surface area contributed by atoms with Crippen LogP contribution in [0.5, 0.6) is 0 Å². The van der Waals surface area contributed by atoms with Gasteiger partial charge in [0.1, 0.15) is 0 Å². The molecule has 1 atom stereocenters. The average molecular weight is 212 g/mol. The highest BCUT2D eigenvalue weighted by molar-refractivity contribution is 5.78. The van der Waals surface area contributed by atoms with E-state index in [1.165, 1.54) is 19.0 Å². The lowest BCUT2D eigenvalue weighted by atomic mass is 10.1. The Hall–Kier alpha value is -1.52. The molecule has 84 valence electrons. The van der Waals surface area contributed by atoms with Crippen LogP contribution in [0.15, 0.2) is 11.8 Å². The number of nitrogens with one attached hydrogen (secondary N) is 1. The SMILES string of the molecule is CCC1=CN(NC(C)=O)[C@@H](C(=O)OC)C1. The van der Waals surface area contributed by atoms with E-state index in [2.05, 4.69) is 10.2 Å². The molecular weight excluding hydrogens is 196 g/mol. The van der Waals surface area contributed by atoms with Crippen molar-refractivity contribution in [1.82, 2.24) is 10.4 Å². The number of nitrogens with zero attached hydrogens (tertiary/aromatic N) is 1. The molecule has 0 radical (unpaired) electrons. The summed E-state index contributed by atoms with van der Waals surface area (Å²) in [6.07, 6.45) is 3.27. The summed E-state index contributed by atoms with van der Waals surface area (Å²) >= 11 is 0. The lowest BCUT2D eigenvalue weighted by Gasteiger charge is -2.22. The maximum atomic E-state index is 11.4. The lowest BCUT2D eigenvalue weighted by molar-refractivity contribution is -0.147. The molecule has 5 heteroatoms. The Morgan fingerprint density at radius 1 is 1.67 bits per heavy atom. The van der Waals surface area contributed by atoms with E-state index < -0.39 is 6.04 Å². The van der Waals surface area contributed by atoms with Gasteiger partial charge >= 0.3 is 5.97 Å². The number of esters is 1. The van der Waals surface area contributed by atoms with E-state index in [9.17, 15) is 9.59 Å². The summed E-state index contributed by atoms with van der Waals surface area (Å²) in [5.41, 5.74) is 3.71. The topological polar surface area (TPSA) is 58.6 Å². The minimum absolute atomic E-state index is 0.197. The minimum atomic E-state index is -0.422. The highest BCUT2D eigenvalue weighted by Crippen LogP contribution is 2.22. The van der Waals surface area contributed by atoms with E-state index >= 15 is 0 Å². The number of ether oxygens (including phenoxy) is 1. The summed E-state index contributed by atoms with van der Waals surface area (Å²) in [6, 6.07) is -0.422. The second-order valence-electron chi connectivity index (χ2n) is 3.46. The first kappa shape index (κ1) is 11.6. The van der Waals surface area contributed by atoms with Crippen molar-refractivity contribution in [2.24, 2.45) is 0 Å². The molecule has 0 spiro atoms. The highest BCUT2D eigenvalue weighted by atomic mass is 16.5. The Bertz CT molecular complexity index is 299. The normalized spacial score (nSPS) is 19.8. The van der Waals surface area contributed by atoms with Gasteiger partial charge < -0.3 is 4.74 Å². The second kappa shape index (κ2) is 4.82. The molecule has 0 unspecified atom stereocenters. The van der Waals surface area contributed by atoms with Gasteiger partial charge in [0.25, 0.3) is 0 Å². The van der Waals surface area contributed by atoms with Crippen LogP contribution in [0, 0.1) is 0 Å². The Morgan fingerprint density at radius 2 is 2.33 bits per heavy atom. The zero-order chi connectivity index (χ0) is 11.4. The summed E-state index contributed by atoms with van der Waals surface area (Å²) in [4.78, 5) is 22.3. The predicted octanol–water partition coefficient (Wildman–Crippen LogP) is 0.579. The summed E-state index contributed by atoms with van der Waals surface area (Å²) in [5.74, 6) is -0.527. The molecule has 0 fully saturated rings. The zero-order valence-electron chi connectivity index (χ0n) is 9.24. The molecule has 1 rings (SSSR count). The van der Waals surface area contributed by atoms with E-state index in [0.717, 1.165) is 12.0 Å². The molecule has 1 N–H and O–H groups in total. The second-order valence-corrected chi connectivity index (χ2v) is 3.46. The van der Waals surface area contributed by atoms with Crippen LogP contribution in [0.3, 0.4) is 0 Å². The van der Waals surface area contributed by atoms with Crippen molar-refractivity contribution in [1.29, 1.82) is 0 Å². The van der Waals surface area contributed by atoms with Gasteiger partial charge in [0.15, 0.2) is 6.04 Å². The molecule has 0 aromatic heterocycles. The van der Waals surface area contributed by atoms with Gasteiger partial charge in [0.05, 0.1) is 7.11 Å². The Labute approximate surface area is 89.0 Å². The van der Waals surface area contributed by atoms with E-state index in [1.807, 2.05) is 6.92 Å². The molecule has 0 bridgehead atoms. The van der Waals surface area contributed by atoms with E-state index in [4.69, 9.17) is 0 Å². The molecule has 0 saturated heterocycles. The van der Waals surface area contributed by atoms with Gasteiger partial charge in [0.2, 0.25) is 5.91 Å². The average Bonchev–Trinajstić information content (AvgIpc) is 2.59. The first-order valence-electron chi connectivity index (χ1n) is 4.91. The molecule has 0 aromatic carbocycles. The van der Waals surface area contributed by atoms with Crippen LogP contribution in [-0.4, -0.2) is 30.0 Å². The first-order chi connectivity index (χ1) is 7.08. The van der Waals surface area contributed by atoms with Crippen LogP contribution in [-0.2, 0) is 14.3 Å². The van der Waals surface area contributed by atoms with Gasteiger partial charge in [-0.25, -0.2) is 4.79 Å². The van der Waals surface area contributed by atoms with Gasteiger partial charge in [-0.1, -0.05) is 6.92 Å². The zero-order valence-corrected chi connectivity index (χ0v) is 9.24.